The van der Waals surface area contributed by atoms with Crippen molar-refractivity contribution in [3.63, 3.8) is 0 Å². The first-order chi connectivity index (χ1) is 22.6. The van der Waals surface area contributed by atoms with Crippen LogP contribution in [0.25, 0.3) is 5.76 Å². The van der Waals surface area contributed by atoms with Gasteiger partial charge in [0.1, 0.15) is 17.3 Å². The maximum absolute atomic E-state index is 6.21. The Kier molecular flexibility index (Phi) is 29.5. The number of nitrogens with one attached hydrogen (secondary N) is 2. The Labute approximate surface area is 301 Å². The van der Waals surface area contributed by atoms with Crippen LogP contribution >= 0.6 is 11.6 Å². The third kappa shape index (κ3) is 23.2. The molecular weight excluding hydrogens is 618 g/mol. The average Bonchev–Trinajstić information content (AvgIpc) is 3.05. The molecule has 2 N–H and O–H groups in total. The Morgan fingerprint density at radius 2 is 1.56 bits per heavy atom. The fraction of sp³-hybridized carbons (Fsp3) is 0.537. The molecule has 0 aliphatic rings. The van der Waals surface area contributed by atoms with Crippen LogP contribution in [0.15, 0.2) is 73.4 Å². The van der Waals surface area contributed by atoms with Crippen LogP contribution < -0.4 is 20.1 Å². The van der Waals surface area contributed by atoms with Crippen molar-refractivity contribution in [1.82, 2.24) is 5.32 Å². The number of halogens is 1. The Balaban J connectivity index is -0.000000757. The number of ether oxygens (including phenoxy) is 3. The molecule has 48 heavy (non-hydrogen) atoms. The molecule has 0 heterocycles. The molecule has 0 saturated heterocycles. The summed E-state index contributed by atoms with van der Waals surface area (Å²) in [6.45, 7) is 36.5. The van der Waals surface area contributed by atoms with Crippen molar-refractivity contribution in [2.45, 2.75) is 95.4 Å². The lowest BCUT2D eigenvalue weighted by Crippen LogP contribution is -2.28. The third-order valence-corrected chi connectivity index (χ3v) is 7.49. The summed E-state index contributed by atoms with van der Waals surface area (Å²) in [4.78, 5) is 4.42. The van der Waals surface area contributed by atoms with E-state index in [-0.39, 0.29) is 0 Å². The van der Waals surface area contributed by atoms with Crippen LogP contribution in [0.4, 0.5) is 11.4 Å². The van der Waals surface area contributed by atoms with Gasteiger partial charge in [-0.25, -0.2) is 0 Å². The van der Waals surface area contributed by atoms with Crippen LogP contribution in [0.2, 0.25) is 5.02 Å². The van der Waals surface area contributed by atoms with E-state index in [0.717, 1.165) is 42.1 Å². The SMILES string of the molecule is C=C(Oc1ccc(NC)c(Cl)c1)c1ccc(OCCCC)cc1N=CC.C=CC(C)(C)C.C=CNCC(C)C(C)(C)CC.CC.COC. The van der Waals surface area contributed by atoms with E-state index in [1.165, 1.54) is 6.42 Å². The molecule has 0 amide bonds. The van der Waals surface area contributed by atoms with E-state index in [2.05, 4.69) is 95.5 Å². The molecule has 1 unspecified atom stereocenters. The zero-order valence-electron chi connectivity index (χ0n) is 33.0. The number of benzene rings is 2. The van der Waals surface area contributed by atoms with Crippen LogP contribution in [0.1, 0.15) is 101 Å². The highest BCUT2D eigenvalue weighted by Gasteiger charge is 2.22. The summed E-state index contributed by atoms with van der Waals surface area (Å²) >= 11 is 6.21. The van der Waals surface area contributed by atoms with Crippen molar-refractivity contribution in [1.29, 1.82) is 0 Å². The first-order valence-corrected chi connectivity index (χ1v) is 17.5. The number of hydrogen-bond donors (Lipinski definition) is 2. The lowest BCUT2D eigenvalue weighted by Gasteiger charge is -2.30. The summed E-state index contributed by atoms with van der Waals surface area (Å²) in [6.07, 6.45) is 8.79. The van der Waals surface area contributed by atoms with Gasteiger partial charge in [-0.2, -0.15) is 0 Å². The monoisotopic (exact) mass is 688 g/mol. The molecule has 0 aromatic heterocycles. The number of allylic oxidation sites excluding steroid dienone is 1. The van der Waals surface area contributed by atoms with Crippen molar-refractivity contribution >= 4 is 34.9 Å². The number of rotatable bonds is 14. The Bertz CT molecular complexity index is 1170. The lowest BCUT2D eigenvalue weighted by atomic mass is 9.78. The maximum Gasteiger partial charge on any atom is 0.129 e. The minimum atomic E-state index is 0.306. The summed E-state index contributed by atoms with van der Waals surface area (Å²) in [5, 5.41) is 6.76. The van der Waals surface area contributed by atoms with Gasteiger partial charge in [0.05, 0.1) is 23.0 Å². The number of unbranched alkanes of at least 4 members (excludes halogenated alkanes) is 1. The fourth-order valence-electron chi connectivity index (χ4n) is 3.26. The van der Waals surface area contributed by atoms with Crippen LogP contribution in [0.3, 0.4) is 0 Å². The summed E-state index contributed by atoms with van der Waals surface area (Å²) in [5.41, 5.74) is 3.15. The van der Waals surface area contributed by atoms with E-state index in [1.807, 2.05) is 64.2 Å². The highest BCUT2D eigenvalue weighted by Crippen LogP contribution is 2.33. The Hall–Kier alpha value is -3.22. The Morgan fingerprint density at radius 3 is 2.00 bits per heavy atom. The van der Waals surface area contributed by atoms with Crippen LogP contribution in [-0.2, 0) is 4.74 Å². The molecule has 0 aliphatic carbocycles. The maximum atomic E-state index is 6.21. The number of aliphatic imine (C=N–C) groups is 1. The minimum Gasteiger partial charge on any atom is -0.494 e. The van der Waals surface area contributed by atoms with Gasteiger partial charge in [-0.3, -0.25) is 4.99 Å². The summed E-state index contributed by atoms with van der Waals surface area (Å²) in [7, 11) is 5.07. The third-order valence-electron chi connectivity index (χ3n) is 7.18. The largest absolute Gasteiger partial charge is 0.494 e. The smallest absolute Gasteiger partial charge is 0.129 e. The van der Waals surface area contributed by atoms with Gasteiger partial charge in [0.2, 0.25) is 0 Å². The molecule has 0 bridgehead atoms. The molecule has 0 radical (unpaired) electrons. The standard InChI is InChI=1S/C21H25ClN2O2.C10H21N.C6H12.C2H6O.C2H6/c1-5-7-12-25-16-8-10-18(21(14-16)24-6-2)15(3)26-17-9-11-20(23-4)19(22)13-17;1-6-10(4,5)9(3)8-11-7-2;1-5-6(2,3)4;1-3-2;1-2/h6,8-11,13-14,23H,3,5,7,12H2,1-2,4H3;7,9,11H,2,6,8H2,1,3-5H3;5H,1H2,2-4H3;1-2H3;1-2H3. The lowest BCUT2D eigenvalue weighted by molar-refractivity contribution is 0.221. The first kappa shape index (κ1) is 49.2. The van der Waals surface area contributed by atoms with Gasteiger partial charge in [-0.1, -0.05) is 113 Å². The highest BCUT2D eigenvalue weighted by molar-refractivity contribution is 6.33. The van der Waals surface area contributed by atoms with E-state index >= 15 is 0 Å². The van der Waals surface area contributed by atoms with Crippen LogP contribution in [0, 0.1) is 16.7 Å². The summed E-state index contributed by atoms with van der Waals surface area (Å²) in [5.74, 6) is 2.61. The second kappa shape index (κ2) is 28.8. The molecule has 0 fully saturated rings. The van der Waals surface area contributed by atoms with Crippen molar-refractivity contribution < 1.29 is 14.2 Å². The molecule has 0 aliphatic heterocycles. The van der Waals surface area contributed by atoms with E-state index in [1.54, 1.807) is 32.7 Å². The molecule has 1 atom stereocenters. The Morgan fingerprint density at radius 1 is 1.00 bits per heavy atom. The first-order valence-electron chi connectivity index (χ1n) is 17.1. The van der Waals surface area contributed by atoms with Gasteiger partial charge in [0.25, 0.3) is 0 Å². The minimum absolute atomic E-state index is 0.306. The van der Waals surface area contributed by atoms with Gasteiger partial charge in [-0.05, 0) is 60.6 Å². The van der Waals surface area contributed by atoms with E-state index < -0.39 is 0 Å². The van der Waals surface area contributed by atoms with E-state index in [0.29, 0.717) is 39.9 Å². The normalized spacial score (nSPS) is 11.0. The van der Waals surface area contributed by atoms with E-state index in [4.69, 9.17) is 21.1 Å². The molecule has 0 spiro atoms. The number of anilines is 1. The summed E-state index contributed by atoms with van der Waals surface area (Å²) in [6, 6.07) is 11.2. The quantitative estimate of drug-likeness (QED) is 0.0895. The topological polar surface area (TPSA) is 64.1 Å². The van der Waals surface area contributed by atoms with E-state index in [9.17, 15) is 0 Å². The molecular formula is C41H70ClN3O3. The summed E-state index contributed by atoms with van der Waals surface area (Å²) < 4.78 is 15.9. The number of nitrogens with zero attached hydrogens (tertiary/aromatic N) is 1. The second-order valence-electron chi connectivity index (χ2n) is 12.5. The van der Waals surface area contributed by atoms with Crippen LogP contribution in [0.5, 0.6) is 11.5 Å². The molecule has 2 aromatic rings. The molecule has 274 valence electrons. The molecule has 6 nitrogen and oxygen atoms in total. The second-order valence-corrected chi connectivity index (χ2v) is 12.9. The van der Waals surface area contributed by atoms with Crippen molar-refractivity contribution in [3.05, 3.63) is 79.0 Å². The molecule has 2 aromatic carbocycles. The zero-order valence-corrected chi connectivity index (χ0v) is 33.7. The van der Waals surface area contributed by atoms with Crippen molar-refractivity contribution in [3.8, 4) is 11.5 Å². The van der Waals surface area contributed by atoms with Crippen molar-refractivity contribution in [2.24, 2.45) is 21.7 Å². The van der Waals surface area contributed by atoms with Crippen LogP contribution in [-0.4, -0.2) is 40.6 Å². The van der Waals surface area contributed by atoms with Crippen molar-refractivity contribution in [2.75, 3.05) is 39.7 Å². The van der Waals surface area contributed by atoms with Gasteiger partial charge in [0.15, 0.2) is 0 Å². The molecule has 0 saturated carbocycles. The van der Waals surface area contributed by atoms with Gasteiger partial charge in [0, 0.05) is 51.7 Å². The van der Waals surface area contributed by atoms with Gasteiger partial charge >= 0.3 is 0 Å². The van der Waals surface area contributed by atoms with Gasteiger partial charge in [-0.15, -0.1) is 6.58 Å². The predicted octanol–water partition coefficient (Wildman–Crippen LogP) is 12.6. The molecule has 2 rings (SSSR count). The predicted molar refractivity (Wildman–Crippen MR) is 217 cm³/mol. The fourth-order valence-corrected chi connectivity index (χ4v) is 3.53. The zero-order chi connectivity index (χ0) is 37.8. The number of hydrogen-bond acceptors (Lipinski definition) is 6. The highest BCUT2D eigenvalue weighted by atomic mass is 35.5. The molecule has 7 heteroatoms. The number of methoxy groups -OCH3 is 1. The average molecular weight is 688 g/mol. The van der Waals surface area contributed by atoms with Gasteiger partial charge < -0.3 is 24.8 Å².